The van der Waals surface area contributed by atoms with Gasteiger partial charge in [0.1, 0.15) is 0 Å². The van der Waals surface area contributed by atoms with Crippen LogP contribution >= 0.6 is 22.6 Å². The maximum Gasteiger partial charge on any atom is 0.0692 e. The molecule has 0 unspecified atom stereocenters. The average Bonchev–Trinajstić information content (AvgIpc) is 2.09. The fraction of sp³-hybridized carbons (Fsp3) is 0.333. The van der Waals surface area contributed by atoms with Gasteiger partial charge in [-0.05, 0) is 46.2 Å². The number of aliphatic hydroxyl groups is 1. The van der Waals surface area contributed by atoms with Gasteiger partial charge in [0.05, 0.1) is 6.61 Å². The monoisotopic (exact) mass is 289 g/mol. The minimum atomic E-state index is 0.133. The van der Waals surface area contributed by atoms with Gasteiger partial charge in [-0.15, -0.1) is 0 Å². The molecule has 1 rings (SSSR count). The Labute approximate surface area is 89.8 Å². The van der Waals surface area contributed by atoms with Crippen LogP contribution < -0.4 is 0 Å². The Morgan fingerprint density at radius 3 is 2.75 bits per heavy atom. The standard InChI is InChI=1S/C9H10IOSi/c10-9-2-1-7(3-4-12)5-8(9)6-11/h1-2,5,11H,3-4,6H2. The van der Waals surface area contributed by atoms with Crippen molar-refractivity contribution in [2.24, 2.45) is 0 Å². The fourth-order valence-electron chi connectivity index (χ4n) is 1.05. The highest BCUT2D eigenvalue weighted by Crippen LogP contribution is 2.15. The second kappa shape index (κ2) is 4.99. The molecule has 0 amide bonds. The number of aryl methyl sites for hydroxylation is 1. The van der Waals surface area contributed by atoms with E-state index in [-0.39, 0.29) is 6.61 Å². The van der Waals surface area contributed by atoms with Gasteiger partial charge in [0.15, 0.2) is 0 Å². The zero-order chi connectivity index (χ0) is 8.97. The van der Waals surface area contributed by atoms with Crippen molar-refractivity contribution in [3.05, 3.63) is 32.9 Å². The largest absolute Gasteiger partial charge is 0.392 e. The molecule has 0 atom stereocenters. The lowest BCUT2D eigenvalue weighted by molar-refractivity contribution is 0.281. The van der Waals surface area contributed by atoms with Gasteiger partial charge in [-0.3, -0.25) is 0 Å². The third kappa shape index (κ3) is 2.57. The molecule has 0 fully saturated rings. The van der Waals surface area contributed by atoms with Crippen molar-refractivity contribution in [1.82, 2.24) is 0 Å². The molecule has 0 aliphatic rings. The second-order valence-electron chi connectivity index (χ2n) is 2.58. The quantitative estimate of drug-likeness (QED) is 0.666. The lowest BCUT2D eigenvalue weighted by Crippen LogP contribution is -1.92. The van der Waals surface area contributed by atoms with E-state index in [1.807, 2.05) is 6.07 Å². The molecule has 1 nitrogen and oxygen atoms in total. The summed E-state index contributed by atoms with van der Waals surface area (Å²) in [5.74, 6) is 0. The first-order valence-electron chi connectivity index (χ1n) is 3.80. The van der Waals surface area contributed by atoms with Gasteiger partial charge in [0, 0.05) is 13.8 Å². The van der Waals surface area contributed by atoms with Crippen LogP contribution in [0, 0.1) is 3.57 Å². The number of halogens is 1. The van der Waals surface area contributed by atoms with Crippen molar-refractivity contribution in [3.8, 4) is 0 Å². The van der Waals surface area contributed by atoms with Crippen LogP contribution in [0.5, 0.6) is 0 Å². The van der Waals surface area contributed by atoms with E-state index >= 15 is 0 Å². The molecule has 0 bridgehead atoms. The molecule has 0 spiro atoms. The van der Waals surface area contributed by atoms with Gasteiger partial charge < -0.3 is 5.11 Å². The van der Waals surface area contributed by atoms with Crippen molar-refractivity contribution in [1.29, 1.82) is 0 Å². The zero-order valence-corrected chi connectivity index (χ0v) is 9.84. The highest BCUT2D eigenvalue weighted by molar-refractivity contribution is 14.1. The summed E-state index contributed by atoms with van der Waals surface area (Å²) in [7, 11) is 3.43. The normalized spacial score (nSPS) is 10.2. The van der Waals surface area contributed by atoms with Gasteiger partial charge in [-0.2, -0.15) is 0 Å². The van der Waals surface area contributed by atoms with Crippen LogP contribution in [0.4, 0.5) is 0 Å². The molecule has 0 aliphatic carbocycles. The summed E-state index contributed by atoms with van der Waals surface area (Å²) in [5.41, 5.74) is 2.29. The maximum atomic E-state index is 8.99. The maximum absolute atomic E-state index is 8.99. The van der Waals surface area contributed by atoms with E-state index in [2.05, 4.69) is 45.0 Å². The summed E-state index contributed by atoms with van der Waals surface area (Å²) in [5, 5.41) is 8.99. The first kappa shape index (κ1) is 10.2. The Hall–Kier alpha value is 0.127. The molecule has 3 radical (unpaired) electrons. The van der Waals surface area contributed by atoms with Crippen LogP contribution in [0.1, 0.15) is 11.1 Å². The molecular weight excluding hydrogens is 279 g/mol. The van der Waals surface area contributed by atoms with Crippen LogP contribution in [0.3, 0.4) is 0 Å². The molecule has 1 aromatic carbocycles. The summed E-state index contributed by atoms with van der Waals surface area (Å²) in [6, 6.07) is 7.16. The van der Waals surface area contributed by atoms with Gasteiger partial charge in [0.25, 0.3) is 0 Å². The Kier molecular flexibility index (Phi) is 4.24. The molecule has 0 aliphatic heterocycles. The smallest absolute Gasteiger partial charge is 0.0692 e. The first-order valence-corrected chi connectivity index (χ1v) is 5.59. The molecule has 0 heterocycles. The predicted molar refractivity (Wildman–Crippen MR) is 59.3 cm³/mol. The number of hydrogen-bond donors (Lipinski definition) is 1. The highest BCUT2D eigenvalue weighted by atomic mass is 127. The Morgan fingerprint density at radius 1 is 1.42 bits per heavy atom. The van der Waals surface area contributed by atoms with Crippen LogP contribution in [0.2, 0.25) is 6.04 Å². The summed E-state index contributed by atoms with van der Waals surface area (Å²) in [4.78, 5) is 0. The second-order valence-corrected chi connectivity index (χ2v) is 4.25. The van der Waals surface area contributed by atoms with Gasteiger partial charge >= 0.3 is 0 Å². The Morgan fingerprint density at radius 2 is 2.17 bits per heavy atom. The number of aliphatic hydroxyl groups excluding tert-OH is 1. The van der Waals surface area contributed by atoms with E-state index in [0.29, 0.717) is 0 Å². The van der Waals surface area contributed by atoms with Crippen molar-refractivity contribution in [2.75, 3.05) is 0 Å². The Balaban J connectivity index is 2.89. The Bertz CT molecular complexity index is 263. The third-order valence-electron chi connectivity index (χ3n) is 1.69. The van der Waals surface area contributed by atoms with Crippen molar-refractivity contribution < 1.29 is 5.11 Å². The van der Waals surface area contributed by atoms with E-state index in [4.69, 9.17) is 5.11 Å². The van der Waals surface area contributed by atoms with Crippen molar-refractivity contribution >= 4 is 32.8 Å². The average molecular weight is 289 g/mol. The van der Waals surface area contributed by atoms with Gasteiger partial charge in [-0.1, -0.05) is 18.2 Å². The van der Waals surface area contributed by atoms with E-state index < -0.39 is 0 Å². The van der Waals surface area contributed by atoms with Crippen LogP contribution in [0.15, 0.2) is 18.2 Å². The highest BCUT2D eigenvalue weighted by Gasteiger charge is 1.99. The molecule has 63 valence electrons. The molecule has 0 saturated carbocycles. The van der Waals surface area contributed by atoms with E-state index in [1.165, 1.54) is 5.56 Å². The molecule has 3 heteroatoms. The molecule has 1 aromatic rings. The molecule has 0 aromatic heterocycles. The number of benzene rings is 1. The third-order valence-corrected chi connectivity index (χ3v) is 3.00. The van der Waals surface area contributed by atoms with Crippen molar-refractivity contribution in [2.45, 2.75) is 19.1 Å². The van der Waals surface area contributed by atoms with Gasteiger partial charge in [0.2, 0.25) is 0 Å². The van der Waals surface area contributed by atoms with Crippen LogP contribution in [0.25, 0.3) is 0 Å². The predicted octanol–water partition coefficient (Wildman–Crippen LogP) is 1.91. The first-order chi connectivity index (χ1) is 5.77. The van der Waals surface area contributed by atoms with Crippen LogP contribution in [-0.4, -0.2) is 15.3 Å². The summed E-state index contributed by atoms with van der Waals surface area (Å²) >= 11 is 2.23. The number of rotatable bonds is 3. The molecule has 12 heavy (non-hydrogen) atoms. The van der Waals surface area contributed by atoms with Crippen LogP contribution in [-0.2, 0) is 13.0 Å². The SMILES string of the molecule is OCc1cc(CC[Si])ccc1I. The van der Waals surface area contributed by atoms with E-state index in [1.54, 1.807) is 0 Å². The summed E-state index contributed by atoms with van der Waals surface area (Å²) in [6.07, 6.45) is 1.01. The number of hydrogen-bond acceptors (Lipinski definition) is 1. The lowest BCUT2D eigenvalue weighted by atomic mass is 10.1. The lowest BCUT2D eigenvalue weighted by Gasteiger charge is -2.03. The fourth-order valence-corrected chi connectivity index (χ4v) is 1.84. The zero-order valence-electron chi connectivity index (χ0n) is 6.68. The van der Waals surface area contributed by atoms with E-state index in [9.17, 15) is 0 Å². The summed E-state index contributed by atoms with van der Waals surface area (Å²) < 4.78 is 1.13. The van der Waals surface area contributed by atoms with Gasteiger partial charge in [-0.25, -0.2) is 0 Å². The summed E-state index contributed by atoms with van der Waals surface area (Å²) in [6.45, 7) is 0.133. The molecular formula is C9H10IOSi. The minimum absolute atomic E-state index is 0.133. The molecule has 0 saturated heterocycles. The topological polar surface area (TPSA) is 20.2 Å². The minimum Gasteiger partial charge on any atom is -0.392 e. The molecule has 1 N–H and O–H groups in total. The van der Waals surface area contributed by atoms with Crippen molar-refractivity contribution in [3.63, 3.8) is 0 Å². The van der Waals surface area contributed by atoms with E-state index in [0.717, 1.165) is 21.6 Å².